The van der Waals surface area contributed by atoms with Crippen LogP contribution in [0.2, 0.25) is 0 Å². The summed E-state index contributed by atoms with van der Waals surface area (Å²) in [7, 11) is 0. The van der Waals surface area contributed by atoms with Gasteiger partial charge in [-0.3, -0.25) is 0 Å². The third-order valence-corrected chi connectivity index (χ3v) is 2.46. The molecule has 0 atom stereocenters. The number of aryl methyl sites for hydroxylation is 1. The van der Waals surface area contributed by atoms with E-state index in [9.17, 15) is 0 Å². The van der Waals surface area contributed by atoms with Crippen LogP contribution < -0.4 is 10.6 Å². The second-order valence-electron chi connectivity index (χ2n) is 3.70. The number of hydrogen-bond donors (Lipinski definition) is 1. The SMILES string of the molecule is Cc1cc(N)cc(N2CCOCC2)c1. The fourth-order valence-electron chi connectivity index (χ4n) is 1.80. The fraction of sp³-hybridized carbons (Fsp3) is 0.455. The molecule has 3 nitrogen and oxygen atoms in total. The Labute approximate surface area is 84.5 Å². The highest BCUT2D eigenvalue weighted by molar-refractivity contribution is 5.58. The number of nitrogen functional groups attached to an aromatic ring is 1. The van der Waals surface area contributed by atoms with Gasteiger partial charge >= 0.3 is 0 Å². The molecule has 2 rings (SSSR count). The van der Waals surface area contributed by atoms with E-state index in [1.165, 1.54) is 11.3 Å². The molecule has 0 bridgehead atoms. The van der Waals surface area contributed by atoms with Gasteiger partial charge < -0.3 is 15.4 Å². The van der Waals surface area contributed by atoms with Crippen LogP contribution in [0.1, 0.15) is 5.56 Å². The molecule has 14 heavy (non-hydrogen) atoms. The average molecular weight is 192 g/mol. The lowest BCUT2D eigenvalue weighted by atomic mass is 10.2. The molecule has 2 N–H and O–H groups in total. The predicted molar refractivity (Wildman–Crippen MR) is 58.6 cm³/mol. The number of ether oxygens (including phenoxy) is 1. The molecule has 0 radical (unpaired) electrons. The molecule has 0 aromatic heterocycles. The van der Waals surface area contributed by atoms with Crippen molar-refractivity contribution >= 4 is 11.4 Å². The van der Waals surface area contributed by atoms with Crippen molar-refractivity contribution in [3.05, 3.63) is 23.8 Å². The molecule has 0 saturated carbocycles. The van der Waals surface area contributed by atoms with Crippen LogP contribution in [0.15, 0.2) is 18.2 Å². The second-order valence-corrected chi connectivity index (χ2v) is 3.70. The van der Waals surface area contributed by atoms with Crippen molar-refractivity contribution in [2.24, 2.45) is 0 Å². The molecule has 0 aliphatic carbocycles. The molecule has 0 spiro atoms. The van der Waals surface area contributed by atoms with Gasteiger partial charge in [-0.05, 0) is 30.7 Å². The first kappa shape index (κ1) is 9.34. The van der Waals surface area contributed by atoms with Crippen LogP contribution in [0.4, 0.5) is 11.4 Å². The van der Waals surface area contributed by atoms with Crippen LogP contribution >= 0.6 is 0 Å². The lowest BCUT2D eigenvalue weighted by molar-refractivity contribution is 0.122. The van der Waals surface area contributed by atoms with E-state index >= 15 is 0 Å². The molecule has 1 saturated heterocycles. The van der Waals surface area contributed by atoms with Gasteiger partial charge in [0.05, 0.1) is 13.2 Å². The van der Waals surface area contributed by atoms with Crippen molar-refractivity contribution in [1.82, 2.24) is 0 Å². The number of morpholine rings is 1. The van der Waals surface area contributed by atoms with Crippen molar-refractivity contribution in [1.29, 1.82) is 0 Å². The third-order valence-electron chi connectivity index (χ3n) is 2.46. The van der Waals surface area contributed by atoms with E-state index in [0.717, 1.165) is 32.0 Å². The van der Waals surface area contributed by atoms with E-state index in [-0.39, 0.29) is 0 Å². The van der Waals surface area contributed by atoms with E-state index in [1.807, 2.05) is 12.1 Å². The maximum absolute atomic E-state index is 5.81. The Morgan fingerprint density at radius 2 is 1.93 bits per heavy atom. The summed E-state index contributed by atoms with van der Waals surface area (Å²) in [5.41, 5.74) is 9.08. The molecule has 0 amide bonds. The predicted octanol–water partition coefficient (Wildman–Crippen LogP) is 1.41. The molecule has 1 heterocycles. The third kappa shape index (κ3) is 1.99. The summed E-state index contributed by atoms with van der Waals surface area (Å²) in [4.78, 5) is 2.31. The van der Waals surface area contributed by atoms with Crippen molar-refractivity contribution in [2.75, 3.05) is 36.9 Å². The Morgan fingerprint density at radius 1 is 1.21 bits per heavy atom. The van der Waals surface area contributed by atoms with Crippen molar-refractivity contribution < 1.29 is 4.74 Å². The normalized spacial score (nSPS) is 17.1. The highest BCUT2D eigenvalue weighted by atomic mass is 16.5. The minimum atomic E-state index is 0.813. The maximum atomic E-state index is 5.81. The Kier molecular flexibility index (Phi) is 2.59. The number of nitrogens with two attached hydrogens (primary N) is 1. The van der Waals surface area contributed by atoms with Gasteiger partial charge in [-0.25, -0.2) is 0 Å². The lowest BCUT2D eigenvalue weighted by Gasteiger charge is -2.29. The molecule has 1 aromatic carbocycles. The Bertz CT molecular complexity index is 299. The standard InChI is InChI=1S/C11H16N2O/c1-9-6-10(12)8-11(7-9)13-2-4-14-5-3-13/h6-8H,2-5,12H2,1H3. The highest BCUT2D eigenvalue weighted by Crippen LogP contribution is 2.21. The molecule has 1 fully saturated rings. The number of hydrogen-bond acceptors (Lipinski definition) is 3. The van der Waals surface area contributed by atoms with Crippen LogP contribution in [-0.4, -0.2) is 26.3 Å². The zero-order chi connectivity index (χ0) is 9.97. The zero-order valence-corrected chi connectivity index (χ0v) is 8.49. The average Bonchev–Trinajstić information content (AvgIpc) is 2.18. The van der Waals surface area contributed by atoms with Gasteiger partial charge in [-0.2, -0.15) is 0 Å². The quantitative estimate of drug-likeness (QED) is 0.684. The summed E-state index contributed by atoms with van der Waals surface area (Å²) in [5.74, 6) is 0. The number of benzene rings is 1. The van der Waals surface area contributed by atoms with Gasteiger partial charge in [0.1, 0.15) is 0 Å². The molecule has 1 aliphatic heterocycles. The van der Waals surface area contributed by atoms with Crippen molar-refractivity contribution in [2.45, 2.75) is 6.92 Å². The van der Waals surface area contributed by atoms with E-state index < -0.39 is 0 Å². The monoisotopic (exact) mass is 192 g/mol. The number of nitrogens with zero attached hydrogens (tertiary/aromatic N) is 1. The molecule has 76 valence electrons. The van der Waals surface area contributed by atoms with Crippen LogP contribution in [0.25, 0.3) is 0 Å². The van der Waals surface area contributed by atoms with Gasteiger partial charge in [-0.15, -0.1) is 0 Å². The molecular weight excluding hydrogens is 176 g/mol. The fourth-order valence-corrected chi connectivity index (χ4v) is 1.80. The van der Waals surface area contributed by atoms with Crippen LogP contribution in [-0.2, 0) is 4.74 Å². The van der Waals surface area contributed by atoms with Crippen LogP contribution in [0, 0.1) is 6.92 Å². The molecule has 1 aromatic rings. The van der Waals surface area contributed by atoms with E-state index in [2.05, 4.69) is 17.9 Å². The lowest BCUT2D eigenvalue weighted by Crippen LogP contribution is -2.36. The molecule has 3 heteroatoms. The minimum Gasteiger partial charge on any atom is -0.399 e. The maximum Gasteiger partial charge on any atom is 0.0642 e. The Hall–Kier alpha value is -1.22. The molecule has 0 unspecified atom stereocenters. The minimum absolute atomic E-state index is 0.813. The first-order chi connectivity index (χ1) is 6.75. The zero-order valence-electron chi connectivity index (χ0n) is 8.49. The van der Waals surface area contributed by atoms with Gasteiger partial charge in [0.2, 0.25) is 0 Å². The highest BCUT2D eigenvalue weighted by Gasteiger charge is 2.11. The Morgan fingerprint density at radius 3 is 2.57 bits per heavy atom. The topological polar surface area (TPSA) is 38.5 Å². The number of rotatable bonds is 1. The van der Waals surface area contributed by atoms with E-state index in [0.29, 0.717) is 0 Å². The van der Waals surface area contributed by atoms with Gasteiger partial charge in [0, 0.05) is 24.5 Å². The number of anilines is 2. The van der Waals surface area contributed by atoms with E-state index in [1.54, 1.807) is 0 Å². The summed E-state index contributed by atoms with van der Waals surface area (Å²) in [6.45, 7) is 5.62. The largest absolute Gasteiger partial charge is 0.399 e. The smallest absolute Gasteiger partial charge is 0.0642 e. The molecule has 1 aliphatic rings. The molecular formula is C11H16N2O. The van der Waals surface area contributed by atoms with Gasteiger partial charge in [0.15, 0.2) is 0 Å². The van der Waals surface area contributed by atoms with Crippen LogP contribution in [0.3, 0.4) is 0 Å². The van der Waals surface area contributed by atoms with Gasteiger partial charge in [-0.1, -0.05) is 0 Å². The van der Waals surface area contributed by atoms with E-state index in [4.69, 9.17) is 10.5 Å². The van der Waals surface area contributed by atoms with Gasteiger partial charge in [0.25, 0.3) is 0 Å². The first-order valence-corrected chi connectivity index (χ1v) is 4.95. The Balaban J connectivity index is 2.21. The summed E-state index contributed by atoms with van der Waals surface area (Å²) >= 11 is 0. The van der Waals surface area contributed by atoms with Crippen molar-refractivity contribution in [3.63, 3.8) is 0 Å². The summed E-state index contributed by atoms with van der Waals surface area (Å²) in [5, 5.41) is 0. The van der Waals surface area contributed by atoms with Crippen molar-refractivity contribution in [3.8, 4) is 0 Å². The second kappa shape index (κ2) is 3.88. The van der Waals surface area contributed by atoms with Crippen LogP contribution in [0.5, 0.6) is 0 Å². The summed E-state index contributed by atoms with van der Waals surface area (Å²) in [6, 6.07) is 6.18. The summed E-state index contributed by atoms with van der Waals surface area (Å²) in [6.07, 6.45) is 0. The first-order valence-electron chi connectivity index (χ1n) is 4.95. The summed E-state index contributed by atoms with van der Waals surface area (Å²) < 4.78 is 5.31.